The molecule has 0 atom stereocenters. The minimum Gasteiger partial charge on any atom is -0.364 e. The number of nitrogen functional groups attached to an aromatic ring is 1. The molecule has 1 radical (unpaired) electrons. The van der Waals surface area contributed by atoms with Crippen LogP contribution in [0, 0.1) is 0 Å². The average molecular weight is 238 g/mol. The Kier molecular flexibility index (Phi) is 6.57. The minimum atomic E-state index is -0.845. The van der Waals surface area contributed by atoms with Gasteiger partial charge in [-0.05, 0) is 0 Å². The van der Waals surface area contributed by atoms with Gasteiger partial charge >= 0.3 is 0 Å². The second-order valence-electron chi connectivity index (χ2n) is 1.86. The Hall–Kier alpha value is -1.42. The van der Waals surface area contributed by atoms with Gasteiger partial charge in [-0.2, -0.15) is 5.21 Å². The zero-order valence-corrected chi connectivity index (χ0v) is 8.42. The molecule has 0 aromatic carbocycles. The summed E-state index contributed by atoms with van der Waals surface area (Å²) in [5.74, 6) is 3.23. The fourth-order valence-corrected chi connectivity index (χ4v) is 0.629. The van der Waals surface area contributed by atoms with Gasteiger partial charge in [-0.25, -0.2) is 5.84 Å². The van der Waals surface area contributed by atoms with Crippen LogP contribution in [0.15, 0.2) is 0 Å². The van der Waals surface area contributed by atoms with E-state index in [2.05, 4.69) is 15.4 Å². The van der Waals surface area contributed by atoms with Crippen LogP contribution in [0.1, 0.15) is 21.0 Å². The number of hydrazine groups is 1. The number of hydrogen-bond acceptors (Lipinski definition) is 6. The molecule has 1 rings (SSSR count). The van der Waals surface area contributed by atoms with Crippen LogP contribution in [0.3, 0.4) is 0 Å². The molecule has 0 saturated heterocycles. The van der Waals surface area contributed by atoms with Crippen molar-refractivity contribution in [1.82, 2.24) is 27.0 Å². The number of hydrogen-bond donors (Lipinski definition) is 5. The topological polar surface area (TPSA) is 175 Å². The molecule has 0 aliphatic carbocycles. The van der Waals surface area contributed by atoms with Gasteiger partial charge in [-0.15, -0.1) is 10.2 Å². The molecule has 0 spiro atoms. The third-order valence-corrected chi connectivity index (χ3v) is 1.13. The molecule has 1 aromatic rings. The van der Waals surface area contributed by atoms with E-state index < -0.39 is 11.8 Å². The van der Waals surface area contributed by atoms with Gasteiger partial charge in [-0.3, -0.25) is 15.0 Å². The van der Waals surface area contributed by atoms with Gasteiger partial charge in [0, 0.05) is 18.6 Å². The summed E-state index contributed by atoms with van der Waals surface area (Å²) in [6.07, 6.45) is 0. The number of nitrogens with zero attached hydrogens (tertiary/aromatic N) is 2. The zero-order chi connectivity index (χ0) is 9.14. The van der Waals surface area contributed by atoms with Crippen molar-refractivity contribution in [3.8, 4) is 0 Å². The van der Waals surface area contributed by atoms with E-state index in [0.29, 0.717) is 0 Å². The summed E-state index contributed by atoms with van der Waals surface area (Å²) in [5.41, 5.74) is 6.21. The van der Waals surface area contributed by atoms with Gasteiger partial charge in [0.1, 0.15) is 0 Å². The van der Waals surface area contributed by atoms with Crippen LogP contribution < -0.4 is 23.2 Å². The second-order valence-corrected chi connectivity index (χ2v) is 1.86. The van der Waals surface area contributed by atoms with Crippen molar-refractivity contribution in [2.24, 2.45) is 11.6 Å². The quantitative estimate of drug-likeness (QED) is 0.219. The van der Waals surface area contributed by atoms with E-state index >= 15 is 0 Å². The summed E-state index contributed by atoms with van der Waals surface area (Å²) < 4.78 is 0. The van der Waals surface area contributed by atoms with E-state index in [4.69, 9.17) is 11.6 Å². The fourth-order valence-electron chi connectivity index (χ4n) is 0.629. The van der Waals surface area contributed by atoms with Gasteiger partial charge in [0.2, 0.25) is 0 Å². The first-order valence-corrected chi connectivity index (χ1v) is 2.88. The Bertz CT molecular complexity index is 323. The number of nitrogens with one attached hydrogen (secondary N) is 2. The first kappa shape index (κ1) is 15.1. The maximum absolute atomic E-state index is 10.8. The molecule has 14 heavy (non-hydrogen) atoms. The molecule has 0 aliphatic rings. The molecular weight excluding hydrogens is 229 g/mol. The molecule has 1 aromatic heterocycles. The number of primary amides is 1. The number of aromatic nitrogens is 3. The third kappa shape index (κ3) is 2.82. The van der Waals surface area contributed by atoms with Crippen molar-refractivity contribution >= 4 is 11.8 Å². The van der Waals surface area contributed by atoms with Crippen molar-refractivity contribution in [2.75, 3.05) is 0 Å². The van der Waals surface area contributed by atoms with Gasteiger partial charge in [0.25, 0.3) is 11.8 Å². The van der Waals surface area contributed by atoms with Gasteiger partial charge in [0.05, 0.1) is 0 Å². The second kappa shape index (κ2) is 6.10. The molecule has 1 heterocycles. The van der Waals surface area contributed by atoms with E-state index in [0.717, 1.165) is 0 Å². The fraction of sp³-hybridized carbons (Fsp3) is 0. The van der Waals surface area contributed by atoms with E-state index in [1.165, 1.54) is 0 Å². The Labute approximate surface area is 90.4 Å². The zero-order valence-electron chi connectivity index (χ0n) is 7.02. The van der Waals surface area contributed by atoms with E-state index in [1.54, 1.807) is 5.43 Å². The molecule has 0 fully saturated rings. The predicted octanol–water partition coefficient (Wildman–Crippen LogP) is -2.33. The minimum absolute atomic E-state index is 0. The molecule has 2 amide bonds. The van der Waals surface area contributed by atoms with Crippen LogP contribution in [0.4, 0.5) is 0 Å². The van der Waals surface area contributed by atoms with Crippen molar-refractivity contribution in [2.45, 2.75) is 0 Å². The summed E-state index contributed by atoms with van der Waals surface area (Å²) in [4.78, 5) is 21.4. The van der Waals surface area contributed by atoms with E-state index in [9.17, 15) is 9.59 Å². The number of amides is 2. The van der Waals surface area contributed by atoms with E-state index in [1.807, 2.05) is 0 Å². The van der Waals surface area contributed by atoms with Crippen LogP contribution in [0.2, 0.25) is 0 Å². The number of carbonyl (C=O) groups is 2. The molecule has 77 valence electrons. The molecular formula is C4H9N7O2V. The smallest absolute Gasteiger partial charge is 0.288 e. The van der Waals surface area contributed by atoms with Crippen molar-refractivity contribution in [3.05, 3.63) is 11.4 Å². The Morgan fingerprint density at radius 2 is 1.79 bits per heavy atom. The Balaban J connectivity index is 0. The molecule has 0 aliphatic heterocycles. The summed E-state index contributed by atoms with van der Waals surface area (Å²) in [6.45, 7) is 0. The third-order valence-electron chi connectivity index (χ3n) is 1.13. The SMILES string of the molecule is N.NNC(=O)c1n[nH]nc1C(N)=O.[V]. The maximum Gasteiger partial charge on any atom is 0.288 e. The molecule has 0 bridgehead atoms. The molecule has 0 unspecified atom stereocenters. The van der Waals surface area contributed by atoms with Crippen LogP contribution >= 0.6 is 0 Å². The number of H-pyrrole nitrogens is 1. The monoisotopic (exact) mass is 238 g/mol. The van der Waals surface area contributed by atoms with Crippen molar-refractivity contribution < 1.29 is 28.1 Å². The summed E-state index contributed by atoms with van der Waals surface area (Å²) in [6, 6.07) is 0. The van der Waals surface area contributed by atoms with E-state index in [-0.39, 0.29) is 36.1 Å². The summed E-state index contributed by atoms with van der Waals surface area (Å²) in [5, 5.41) is 8.81. The summed E-state index contributed by atoms with van der Waals surface area (Å²) >= 11 is 0. The van der Waals surface area contributed by atoms with Crippen molar-refractivity contribution in [1.29, 1.82) is 0 Å². The first-order chi connectivity index (χ1) is 5.66. The molecule has 9 N–H and O–H groups in total. The average Bonchev–Trinajstić information content (AvgIpc) is 2.50. The normalized spacial score (nSPS) is 8.07. The van der Waals surface area contributed by atoms with Crippen LogP contribution in [-0.2, 0) is 18.6 Å². The largest absolute Gasteiger partial charge is 0.364 e. The first-order valence-electron chi connectivity index (χ1n) is 2.88. The predicted molar refractivity (Wildman–Crippen MR) is 41.6 cm³/mol. The Morgan fingerprint density at radius 1 is 1.29 bits per heavy atom. The van der Waals surface area contributed by atoms with Gasteiger partial charge in [-0.1, -0.05) is 0 Å². The Morgan fingerprint density at radius 3 is 2.21 bits per heavy atom. The standard InChI is InChI=1S/C4H6N6O2.H3N.V/c5-3(11)1-2(4(12)7-6)9-10-8-1;;/h6H2,(H2,5,11)(H,7,12)(H,8,9,10);1H3;. The molecule has 10 heteroatoms. The van der Waals surface area contributed by atoms with Crippen LogP contribution in [0.25, 0.3) is 0 Å². The number of carbonyl (C=O) groups excluding carboxylic acids is 2. The molecule has 9 nitrogen and oxygen atoms in total. The van der Waals surface area contributed by atoms with Gasteiger partial charge < -0.3 is 11.9 Å². The maximum atomic E-state index is 10.8. The van der Waals surface area contributed by atoms with Gasteiger partial charge in [0.15, 0.2) is 11.4 Å². The van der Waals surface area contributed by atoms with Crippen LogP contribution in [0.5, 0.6) is 0 Å². The van der Waals surface area contributed by atoms with Crippen LogP contribution in [-0.4, -0.2) is 27.2 Å². The molecule has 0 saturated carbocycles. The number of nitrogens with two attached hydrogens (primary N) is 2. The number of rotatable bonds is 2. The van der Waals surface area contributed by atoms with Crippen molar-refractivity contribution in [3.63, 3.8) is 0 Å². The summed E-state index contributed by atoms with van der Waals surface area (Å²) in [7, 11) is 0. The number of aromatic amines is 1.